The maximum absolute atomic E-state index is 5.45. The van der Waals surface area contributed by atoms with E-state index in [4.69, 9.17) is 4.74 Å². The summed E-state index contributed by atoms with van der Waals surface area (Å²) in [5.74, 6) is 1.48. The molecule has 15 heavy (non-hydrogen) atoms. The Morgan fingerprint density at radius 2 is 2.13 bits per heavy atom. The molecule has 0 unspecified atom stereocenters. The zero-order valence-corrected chi connectivity index (χ0v) is 8.55. The molecule has 0 spiro atoms. The normalized spacial score (nSPS) is 9.93. The third-order valence-corrected chi connectivity index (χ3v) is 1.91. The average molecular weight is 203 g/mol. The van der Waals surface area contributed by atoms with Crippen molar-refractivity contribution >= 4 is 5.82 Å². The summed E-state index contributed by atoms with van der Waals surface area (Å²) < 4.78 is 7.27. The summed E-state index contributed by atoms with van der Waals surface area (Å²) in [5, 5.41) is 0. The molecular formula is C11H13N3O. The fourth-order valence-electron chi connectivity index (χ4n) is 1.28. The highest BCUT2D eigenvalue weighted by Gasteiger charge is 2.02. The molecule has 1 N–H and O–H groups in total. The van der Waals surface area contributed by atoms with Gasteiger partial charge in [0.25, 0.3) is 0 Å². The molecule has 4 nitrogen and oxygen atoms in total. The van der Waals surface area contributed by atoms with E-state index in [0.717, 1.165) is 11.6 Å². The van der Waals surface area contributed by atoms with Crippen molar-refractivity contribution in [3.8, 4) is 5.75 Å². The molecule has 0 aliphatic carbocycles. The third kappa shape index (κ3) is 2.28. The number of ether oxygens (including phenoxy) is 1. The highest BCUT2D eigenvalue weighted by Crippen LogP contribution is 2.20. The summed E-state index contributed by atoms with van der Waals surface area (Å²) in [7, 11) is 0. The number of nitrogens with zero attached hydrogens (tertiary/aromatic N) is 2. The Kier molecular flexibility index (Phi) is 2.88. The molecule has 0 aliphatic rings. The van der Waals surface area contributed by atoms with Crippen molar-refractivity contribution in [3.05, 3.63) is 42.9 Å². The lowest BCUT2D eigenvalue weighted by Gasteiger charge is -2.11. The van der Waals surface area contributed by atoms with Crippen molar-refractivity contribution in [2.75, 3.05) is 12.0 Å². The predicted molar refractivity (Wildman–Crippen MR) is 58.9 cm³/mol. The molecule has 2 rings (SSSR count). The fraction of sp³-hybridized carbons (Fsp3) is 0.182. The van der Waals surface area contributed by atoms with Gasteiger partial charge in [0, 0.05) is 18.6 Å². The van der Waals surface area contributed by atoms with Crippen LogP contribution in [0.25, 0.3) is 0 Å². The SMILES string of the molecule is CCOc1cccnc1Nn1cccc1. The van der Waals surface area contributed by atoms with Gasteiger partial charge in [-0.1, -0.05) is 0 Å². The minimum atomic E-state index is 0.631. The number of pyridine rings is 1. The number of anilines is 1. The van der Waals surface area contributed by atoms with Gasteiger partial charge in [0.2, 0.25) is 0 Å². The number of hydrogen-bond acceptors (Lipinski definition) is 3. The van der Waals surface area contributed by atoms with Crippen molar-refractivity contribution in [2.45, 2.75) is 6.92 Å². The van der Waals surface area contributed by atoms with E-state index < -0.39 is 0 Å². The summed E-state index contributed by atoms with van der Waals surface area (Å²) in [4.78, 5) is 4.22. The highest BCUT2D eigenvalue weighted by molar-refractivity contribution is 5.49. The predicted octanol–water partition coefficient (Wildman–Crippen LogP) is 2.16. The van der Waals surface area contributed by atoms with E-state index in [0.29, 0.717) is 6.61 Å². The minimum absolute atomic E-state index is 0.631. The van der Waals surface area contributed by atoms with Gasteiger partial charge in [0.1, 0.15) is 0 Å². The van der Waals surface area contributed by atoms with Crippen LogP contribution in [0.1, 0.15) is 6.92 Å². The first-order chi connectivity index (χ1) is 7.40. The van der Waals surface area contributed by atoms with E-state index in [1.807, 2.05) is 48.3 Å². The van der Waals surface area contributed by atoms with Crippen LogP contribution in [0.5, 0.6) is 5.75 Å². The smallest absolute Gasteiger partial charge is 0.187 e. The van der Waals surface area contributed by atoms with E-state index >= 15 is 0 Å². The van der Waals surface area contributed by atoms with Crippen LogP contribution in [0.3, 0.4) is 0 Å². The van der Waals surface area contributed by atoms with Crippen molar-refractivity contribution in [3.63, 3.8) is 0 Å². The molecule has 0 saturated carbocycles. The molecule has 2 aromatic heterocycles. The van der Waals surface area contributed by atoms with Gasteiger partial charge < -0.3 is 4.74 Å². The quantitative estimate of drug-likeness (QED) is 0.827. The Labute approximate surface area is 88.5 Å². The monoisotopic (exact) mass is 203 g/mol. The Balaban J connectivity index is 2.20. The zero-order chi connectivity index (χ0) is 10.5. The number of aromatic nitrogens is 2. The second-order valence-electron chi connectivity index (χ2n) is 2.99. The van der Waals surface area contributed by atoms with Crippen molar-refractivity contribution < 1.29 is 4.74 Å². The first-order valence-corrected chi connectivity index (χ1v) is 4.88. The first kappa shape index (κ1) is 9.58. The Morgan fingerprint density at radius 1 is 1.33 bits per heavy atom. The second-order valence-corrected chi connectivity index (χ2v) is 2.99. The van der Waals surface area contributed by atoms with Gasteiger partial charge in [-0.25, -0.2) is 4.98 Å². The summed E-state index contributed by atoms with van der Waals surface area (Å²) in [6, 6.07) is 7.63. The molecular weight excluding hydrogens is 190 g/mol. The third-order valence-electron chi connectivity index (χ3n) is 1.91. The molecule has 0 radical (unpaired) electrons. The molecule has 2 aromatic rings. The van der Waals surface area contributed by atoms with Crippen LogP contribution in [0, 0.1) is 0 Å². The van der Waals surface area contributed by atoms with Crippen LogP contribution in [0.15, 0.2) is 42.9 Å². The van der Waals surface area contributed by atoms with Crippen molar-refractivity contribution in [2.24, 2.45) is 0 Å². The van der Waals surface area contributed by atoms with Gasteiger partial charge in [0.05, 0.1) is 6.61 Å². The minimum Gasteiger partial charge on any atom is -0.490 e. The van der Waals surface area contributed by atoms with Crippen LogP contribution in [-0.4, -0.2) is 16.3 Å². The molecule has 0 saturated heterocycles. The first-order valence-electron chi connectivity index (χ1n) is 4.88. The van der Waals surface area contributed by atoms with Crippen LogP contribution in [0.2, 0.25) is 0 Å². The average Bonchev–Trinajstić information content (AvgIpc) is 2.74. The molecule has 0 aromatic carbocycles. The Morgan fingerprint density at radius 3 is 2.87 bits per heavy atom. The summed E-state index contributed by atoms with van der Waals surface area (Å²) in [5.41, 5.74) is 3.12. The molecule has 0 atom stereocenters. The number of nitrogens with one attached hydrogen (secondary N) is 1. The Hall–Kier alpha value is -1.97. The van der Waals surface area contributed by atoms with Gasteiger partial charge >= 0.3 is 0 Å². The van der Waals surface area contributed by atoms with Gasteiger partial charge in [-0.15, -0.1) is 0 Å². The maximum atomic E-state index is 5.45. The number of hydrogen-bond donors (Lipinski definition) is 1. The van der Waals surface area contributed by atoms with Crippen LogP contribution >= 0.6 is 0 Å². The Bertz CT molecular complexity index is 412. The highest BCUT2D eigenvalue weighted by atomic mass is 16.5. The van der Waals surface area contributed by atoms with Crippen LogP contribution in [-0.2, 0) is 0 Å². The molecule has 0 amide bonds. The molecule has 0 fully saturated rings. The van der Waals surface area contributed by atoms with Crippen molar-refractivity contribution in [1.82, 2.24) is 9.66 Å². The summed E-state index contributed by atoms with van der Waals surface area (Å²) >= 11 is 0. The second kappa shape index (κ2) is 4.50. The van der Waals surface area contributed by atoms with Gasteiger partial charge in [-0.2, -0.15) is 0 Å². The van der Waals surface area contributed by atoms with Gasteiger partial charge in [-0.05, 0) is 31.2 Å². The summed E-state index contributed by atoms with van der Waals surface area (Å²) in [6.45, 7) is 2.58. The molecule has 4 heteroatoms. The topological polar surface area (TPSA) is 39.1 Å². The molecule has 0 aliphatic heterocycles. The van der Waals surface area contributed by atoms with Gasteiger partial charge in [0.15, 0.2) is 11.6 Å². The van der Waals surface area contributed by atoms with Crippen LogP contribution in [0.4, 0.5) is 5.82 Å². The van der Waals surface area contributed by atoms with E-state index in [1.165, 1.54) is 0 Å². The molecule has 78 valence electrons. The van der Waals surface area contributed by atoms with Gasteiger partial charge in [-0.3, -0.25) is 10.1 Å². The van der Waals surface area contributed by atoms with E-state index in [2.05, 4.69) is 10.4 Å². The molecule has 0 bridgehead atoms. The number of rotatable bonds is 4. The zero-order valence-electron chi connectivity index (χ0n) is 8.55. The van der Waals surface area contributed by atoms with E-state index in [9.17, 15) is 0 Å². The van der Waals surface area contributed by atoms with E-state index in [1.54, 1.807) is 6.20 Å². The van der Waals surface area contributed by atoms with Crippen LogP contribution < -0.4 is 10.2 Å². The van der Waals surface area contributed by atoms with E-state index in [-0.39, 0.29) is 0 Å². The van der Waals surface area contributed by atoms with Crippen molar-refractivity contribution in [1.29, 1.82) is 0 Å². The maximum Gasteiger partial charge on any atom is 0.187 e. The fourth-order valence-corrected chi connectivity index (χ4v) is 1.28. The largest absolute Gasteiger partial charge is 0.490 e. The lowest BCUT2D eigenvalue weighted by atomic mass is 10.4. The standard InChI is InChI=1S/C11H13N3O/c1-2-15-10-6-5-7-12-11(10)13-14-8-3-4-9-14/h3-9H,2H2,1H3,(H,12,13). The lowest BCUT2D eigenvalue weighted by molar-refractivity contribution is 0.340. The molecule has 2 heterocycles. The summed E-state index contributed by atoms with van der Waals surface area (Å²) in [6.07, 6.45) is 5.54. The lowest BCUT2D eigenvalue weighted by Crippen LogP contribution is -2.09.